The van der Waals surface area contributed by atoms with Crippen molar-refractivity contribution in [3.8, 4) is 0 Å². The molecule has 0 bridgehead atoms. The number of aryl methyl sites for hydroxylation is 1. The van der Waals surface area contributed by atoms with Crippen molar-refractivity contribution >= 4 is 40.6 Å². The molecule has 148 valence electrons. The molecular weight excluding hydrogens is 374 g/mol. The minimum absolute atomic E-state index is 0.00217. The van der Waals surface area contributed by atoms with E-state index < -0.39 is 0 Å². The first-order valence-electron chi connectivity index (χ1n) is 9.23. The molecule has 28 heavy (non-hydrogen) atoms. The van der Waals surface area contributed by atoms with E-state index >= 15 is 0 Å². The van der Waals surface area contributed by atoms with Crippen LogP contribution in [0.2, 0.25) is 0 Å². The van der Waals surface area contributed by atoms with Crippen molar-refractivity contribution in [1.29, 1.82) is 0 Å². The molecule has 6 nitrogen and oxygen atoms in total. The summed E-state index contributed by atoms with van der Waals surface area (Å²) in [6, 6.07) is 9.74. The van der Waals surface area contributed by atoms with Crippen molar-refractivity contribution < 1.29 is 14.3 Å². The molecule has 0 saturated carbocycles. The average Bonchev–Trinajstić information content (AvgIpc) is 3.12. The van der Waals surface area contributed by atoms with E-state index in [9.17, 15) is 9.59 Å². The van der Waals surface area contributed by atoms with Gasteiger partial charge >= 0.3 is 0 Å². The summed E-state index contributed by atoms with van der Waals surface area (Å²) < 4.78 is 5.36. The Kier molecular flexibility index (Phi) is 6.84. The normalized spacial score (nSPS) is 14.3. The lowest BCUT2D eigenvalue weighted by Gasteiger charge is -2.28. The van der Waals surface area contributed by atoms with Crippen LogP contribution in [0.5, 0.6) is 0 Å². The first-order chi connectivity index (χ1) is 13.5. The maximum Gasteiger partial charge on any atom is 0.246 e. The Balaban J connectivity index is 1.49. The molecule has 1 aliphatic heterocycles. The van der Waals surface area contributed by atoms with Crippen molar-refractivity contribution in [3.05, 3.63) is 52.2 Å². The summed E-state index contributed by atoms with van der Waals surface area (Å²) in [5, 5.41) is 4.83. The second kappa shape index (κ2) is 9.52. The number of amides is 2. The van der Waals surface area contributed by atoms with Crippen molar-refractivity contribution in [2.75, 3.05) is 50.1 Å². The Morgan fingerprint density at radius 2 is 1.93 bits per heavy atom. The molecule has 7 heteroatoms. The number of likely N-dealkylation sites (N-methyl/N-ethyl adjacent to an activating group) is 1. The largest absolute Gasteiger partial charge is 0.378 e. The predicted octanol–water partition coefficient (Wildman–Crippen LogP) is 3.00. The van der Waals surface area contributed by atoms with Crippen LogP contribution in [0.1, 0.15) is 10.4 Å². The number of nitrogens with zero attached hydrogens (tertiary/aromatic N) is 2. The molecule has 1 aromatic carbocycles. The van der Waals surface area contributed by atoms with E-state index in [4.69, 9.17) is 4.74 Å². The van der Waals surface area contributed by atoms with Gasteiger partial charge in [-0.15, -0.1) is 11.3 Å². The minimum atomic E-state index is -0.226. The third-order valence-electron chi connectivity index (χ3n) is 4.56. The van der Waals surface area contributed by atoms with Crippen molar-refractivity contribution in [1.82, 2.24) is 4.90 Å². The van der Waals surface area contributed by atoms with Gasteiger partial charge in [0.1, 0.15) is 0 Å². The molecule has 1 aliphatic rings. The predicted molar refractivity (Wildman–Crippen MR) is 114 cm³/mol. The topological polar surface area (TPSA) is 61.9 Å². The molecule has 3 rings (SSSR count). The standard InChI is InChI=1S/C21H25N3O3S/c1-16-9-14-28-19(16)7-8-21(26)23(2)15-20(25)22-17-3-5-18(6-4-17)24-10-12-27-13-11-24/h3-9,14H,10-13,15H2,1-2H3,(H,22,25)/b8-7+. The number of anilines is 2. The lowest BCUT2D eigenvalue weighted by Crippen LogP contribution is -2.36. The Bertz CT molecular complexity index is 839. The van der Waals surface area contributed by atoms with Crippen LogP contribution in [-0.2, 0) is 14.3 Å². The highest BCUT2D eigenvalue weighted by Crippen LogP contribution is 2.19. The summed E-state index contributed by atoms with van der Waals surface area (Å²) in [5.41, 5.74) is 2.96. The molecule has 2 aromatic rings. The molecule has 1 fully saturated rings. The van der Waals surface area contributed by atoms with Crippen LogP contribution in [0.25, 0.3) is 6.08 Å². The molecule has 2 amide bonds. The van der Waals surface area contributed by atoms with E-state index in [2.05, 4.69) is 10.2 Å². The zero-order chi connectivity index (χ0) is 19.9. The van der Waals surface area contributed by atoms with E-state index in [-0.39, 0.29) is 18.4 Å². The van der Waals surface area contributed by atoms with Gasteiger partial charge in [0.05, 0.1) is 19.8 Å². The van der Waals surface area contributed by atoms with Gasteiger partial charge in [-0.3, -0.25) is 9.59 Å². The molecule has 2 heterocycles. The number of ether oxygens (including phenoxy) is 1. The van der Waals surface area contributed by atoms with Gasteiger partial charge in [0.15, 0.2) is 0 Å². The molecule has 0 aliphatic carbocycles. The van der Waals surface area contributed by atoms with E-state index in [1.165, 1.54) is 11.0 Å². The third kappa shape index (κ3) is 5.43. The van der Waals surface area contributed by atoms with Gasteiger partial charge in [-0.1, -0.05) is 0 Å². The molecule has 1 saturated heterocycles. The zero-order valence-corrected chi connectivity index (χ0v) is 17.0. The van der Waals surface area contributed by atoms with Crippen LogP contribution in [0.4, 0.5) is 11.4 Å². The summed E-state index contributed by atoms with van der Waals surface area (Å²) in [4.78, 5) is 29.2. The fourth-order valence-corrected chi connectivity index (χ4v) is 3.72. The second-order valence-corrected chi connectivity index (χ2v) is 7.64. The summed E-state index contributed by atoms with van der Waals surface area (Å²) in [7, 11) is 1.62. The van der Waals surface area contributed by atoms with Crippen LogP contribution in [0.3, 0.4) is 0 Å². The zero-order valence-electron chi connectivity index (χ0n) is 16.2. The van der Waals surface area contributed by atoms with Crippen LogP contribution in [-0.4, -0.2) is 56.6 Å². The van der Waals surface area contributed by atoms with E-state index in [1.807, 2.05) is 42.6 Å². The first kappa shape index (κ1) is 20.1. The summed E-state index contributed by atoms with van der Waals surface area (Å²) in [6.45, 7) is 5.22. The number of hydrogen-bond acceptors (Lipinski definition) is 5. The lowest BCUT2D eigenvalue weighted by atomic mass is 10.2. The smallest absolute Gasteiger partial charge is 0.246 e. The molecule has 0 spiro atoms. The van der Waals surface area contributed by atoms with E-state index in [0.717, 1.165) is 42.4 Å². The highest BCUT2D eigenvalue weighted by molar-refractivity contribution is 7.11. The van der Waals surface area contributed by atoms with E-state index in [0.29, 0.717) is 5.69 Å². The number of thiophene rings is 1. The molecule has 0 unspecified atom stereocenters. The number of morpholine rings is 1. The van der Waals surface area contributed by atoms with Gasteiger partial charge in [-0.05, 0) is 54.3 Å². The average molecular weight is 400 g/mol. The van der Waals surface area contributed by atoms with Gasteiger partial charge in [0.2, 0.25) is 11.8 Å². The molecule has 1 N–H and O–H groups in total. The van der Waals surface area contributed by atoms with Crippen LogP contribution >= 0.6 is 11.3 Å². The van der Waals surface area contributed by atoms with Gasteiger partial charge < -0.3 is 19.9 Å². The van der Waals surface area contributed by atoms with Crippen LogP contribution < -0.4 is 10.2 Å². The fraction of sp³-hybridized carbons (Fsp3) is 0.333. The Morgan fingerprint density at radius 1 is 1.21 bits per heavy atom. The SMILES string of the molecule is Cc1ccsc1/C=C/C(=O)N(C)CC(=O)Nc1ccc(N2CCOCC2)cc1. The maximum atomic E-state index is 12.2. The Morgan fingerprint density at radius 3 is 2.57 bits per heavy atom. The molecule has 0 radical (unpaired) electrons. The van der Waals surface area contributed by atoms with Crippen molar-refractivity contribution in [2.45, 2.75) is 6.92 Å². The summed E-state index contributed by atoms with van der Waals surface area (Å²) in [5.74, 6) is -0.429. The first-order valence-corrected chi connectivity index (χ1v) is 10.1. The van der Waals surface area contributed by atoms with Crippen molar-refractivity contribution in [3.63, 3.8) is 0 Å². The minimum Gasteiger partial charge on any atom is -0.378 e. The Labute approximate surface area is 169 Å². The molecule has 1 aromatic heterocycles. The summed E-state index contributed by atoms with van der Waals surface area (Å²) >= 11 is 1.58. The van der Waals surface area contributed by atoms with Gasteiger partial charge in [0.25, 0.3) is 0 Å². The second-order valence-electron chi connectivity index (χ2n) is 6.69. The van der Waals surface area contributed by atoms with Gasteiger partial charge in [0, 0.05) is 42.5 Å². The Hall–Kier alpha value is -2.64. The number of hydrogen-bond donors (Lipinski definition) is 1. The van der Waals surface area contributed by atoms with Gasteiger partial charge in [-0.2, -0.15) is 0 Å². The molecular formula is C21H25N3O3S. The lowest BCUT2D eigenvalue weighted by molar-refractivity contribution is -0.129. The third-order valence-corrected chi connectivity index (χ3v) is 5.55. The quantitative estimate of drug-likeness (QED) is 0.759. The maximum absolute atomic E-state index is 12.2. The fourth-order valence-electron chi connectivity index (χ4n) is 2.90. The van der Waals surface area contributed by atoms with Crippen molar-refractivity contribution in [2.24, 2.45) is 0 Å². The van der Waals surface area contributed by atoms with Crippen LogP contribution in [0, 0.1) is 6.92 Å². The number of rotatable bonds is 6. The summed E-state index contributed by atoms with van der Waals surface area (Å²) in [6.07, 6.45) is 3.30. The highest BCUT2D eigenvalue weighted by atomic mass is 32.1. The number of benzene rings is 1. The number of nitrogens with one attached hydrogen (secondary N) is 1. The van der Waals surface area contributed by atoms with Gasteiger partial charge in [-0.25, -0.2) is 0 Å². The number of carbonyl (C=O) groups excluding carboxylic acids is 2. The molecule has 0 atom stereocenters. The number of carbonyl (C=O) groups is 2. The monoisotopic (exact) mass is 399 g/mol. The van der Waals surface area contributed by atoms with Crippen LogP contribution in [0.15, 0.2) is 41.8 Å². The van der Waals surface area contributed by atoms with E-state index in [1.54, 1.807) is 24.5 Å². The highest BCUT2D eigenvalue weighted by Gasteiger charge is 2.13.